The molecule has 3 rings (SSSR count). The van der Waals surface area contributed by atoms with Crippen molar-refractivity contribution in [3.05, 3.63) is 53.5 Å². The minimum absolute atomic E-state index is 0.801. The van der Waals surface area contributed by atoms with E-state index in [1.807, 2.05) is 12.1 Å². The molecular formula is C12H9N3. The summed E-state index contributed by atoms with van der Waals surface area (Å²) in [6, 6.07) is 8.03. The van der Waals surface area contributed by atoms with E-state index in [9.17, 15) is 0 Å². The van der Waals surface area contributed by atoms with E-state index >= 15 is 0 Å². The van der Waals surface area contributed by atoms with Crippen molar-refractivity contribution in [3.63, 3.8) is 0 Å². The number of aliphatic imine (C=N–C) groups is 1. The Labute approximate surface area is 87.5 Å². The molecule has 2 aromatic heterocycles. The van der Waals surface area contributed by atoms with Gasteiger partial charge in [0.1, 0.15) is 0 Å². The first kappa shape index (κ1) is 8.29. The van der Waals surface area contributed by atoms with Crippen molar-refractivity contribution in [1.29, 1.82) is 0 Å². The molecule has 72 valence electrons. The average molecular weight is 195 g/mol. The number of pyridine rings is 2. The zero-order valence-corrected chi connectivity index (χ0v) is 8.09. The fourth-order valence-electron chi connectivity index (χ4n) is 1.73. The van der Waals surface area contributed by atoms with Crippen LogP contribution in [-0.4, -0.2) is 16.2 Å². The maximum absolute atomic E-state index is 4.33. The summed E-state index contributed by atoms with van der Waals surface area (Å²) < 4.78 is 0. The van der Waals surface area contributed by atoms with Crippen molar-refractivity contribution in [3.8, 4) is 0 Å². The van der Waals surface area contributed by atoms with Gasteiger partial charge in [0.05, 0.1) is 11.9 Å². The minimum Gasteiger partial charge on any atom is -0.255 e. The Kier molecular flexibility index (Phi) is 1.81. The molecular weight excluding hydrogens is 186 g/mol. The SMILES string of the molecule is C1=Nc2ncccc2Cc2cccnc21. The third-order valence-corrected chi connectivity index (χ3v) is 2.48. The second-order valence-electron chi connectivity index (χ2n) is 3.47. The van der Waals surface area contributed by atoms with Crippen molar-refractivity contribution >= 4 is 12.0 Å². The van der Waals surface area contributed by atoms with E-state index in [1.165, 1.54) is 5.56 Å². The summed E-state index contributed by atoms with van der Waals surface area (Å²) in [6.07, 6.45) is 6.19. The van der Waals surface area contributed by atoms with Crippen LogP contribution in [0.2, 0.25) is 0 Å². The predicted octanol–water partition coefficient (Wildman–Crippen LogP) is 2.13. The van der Waals surface area contributed by atoms with E-state index in [-0.39, 0.29) is 0 Å². The van der Waals surface area contributed by atoms with Crippen molar-refractivity contribution in [2.24, 2.45) is 4.99 Å². The van der Waals surface area contributed by atoms with Gasteiger partial charge in [-0.15, -0.1) is 0 Å². The Morgan fingerprint density at radius 2 is 1.73 bits per heavy atom. The molecule has 1 aliphatic heterocycles. The van der Waals surface area contributed by atoms with E-state index < -0.39 is 0 Å². The summed E-state index contributed by atoms with van der Waals surface area (Å²) in [6.45, 7) is 0. The summed E-state index contributed by atoms with van der Waals surface area (Å²) in [5.74, 6) is 0.801. The van der Waals surface area contributed by atoms with Gasteiger partial charge in [0.25, 0.3) is 0 Å². The van der Waals surface area contributed by atoms with Gasteiger partial charge < -0.3 is 0 Å². The third kappa shape index (κ3) is 1.42. The molecule has 0 saturated heterocycles. The second-order valence-corrected chi connectivity index (χ2v) is 3.47. The van der Waals surface area contributed by atoms with Gasteiger partial charge in [0.15, 0.2) is 5.82 Å². The quantitative estimate of drug-likeness (QED) is 0.551. The lowest BCUT2D eigenvalue weighted by Crippen LogP contribution is -1.94. The molecule has 3 heteroatoms. The molecule has 1 aliphatic rings. The summed E-state index contributed by atoms with van der Waals surface area (Å²) in [7, 11) is 0. The first-order chi connectivity index (χ1) is 7.43. The number of aromatic nitrogens is 2. The summed E-state index contributed by atoms with van der Waals surface area (Å²) in [5, 5.41) is 0. The van der Waals surface area contributed by atoms with E-state index in [0.717, 1.165) is 23.5 Å². The van der Waals surface area contributed by atoms with E-state index in [1.54, 1.807) is 18.6 Å². The Morgan fingerprint density at radius 3 is 2.67 bits per heavy atom. The van der Waals surface area contributed by atoms with Crippen LogP contribution >= 0.6 is 0 Å². The van der Waals surface area contributed by atoms with Crippen molar-refractivity contribution < 1.29 is 0 Å². The lowest BCUT2D eigenvalue weighted by molar-refractivity contribution is 1.12. The molecule has 0 saturated carbocycles. The second kappa shape index (κ2) is 3.28. The standard InChI is InChI=1S/C12H9N3/c1-3-9-7-10-4-2-6-14-12(10)15-8-11(9)13-5-1/h1-6,8H,7H2. The van der Waals surface area contributed by atoms with Gasteiger partial charge in [0, 0.05) is 24.4 Å². The first-order valence-corrected chi connectivity index (χ1v) is 4.85. The molecule has 0 amide bonds. The van der Waals surface area contributed by atoms with Gasteiger partial charge in [0.2, 0.25) is 0 Å². The summed E-state index contributed by atoms with van der Waals surface area (Å²) in [4.78, 5) is 12.9. The Hall–Kier alpha value is -2.03. The molecule has 0 N–H and O–H groups in total. The van der Waals surface area contributed by atoms with Crippen LogP contribution < -0.4 is 0 Å². The highest BCUT2D eigenvalue weighted by Crippen LogP contribution is 2.22. The molecule has 0 unspecified atom stereocenters. The highest BCUT2D eigenvalue weighted by Gasteiger charge is 2.10. The molecule has 0 aliphatic carbocycles. The molecule has 0 atom stereocenters. The molecule has 0 bridgehead atoms. The monoisotopic (exact) mass is 195 g/mol. The van der Waals surface area contributed by atoms with Gasteiger partial charge in [-0.2, -0.15) is 0 Å². The van der Waals surface area contributed by atoms with Crippen LogP contribution in [0.3, 0.4) is 0 Å². The average Bonchev–Trinajstić information content (AvgIpc) is 2.48. The fraction of sp³-hybridized carbons (Fsp3) is 0.0833. The lowest BCUT2D eigenvalue weighted by atomic mass is 10.1. The number of hydrogen-bond acceptors (Lipinski definition) is 3. The Balaban J connectivity index is 2.19. The third-order valence-electron chi connectivity index (χ3n) is 2.48. The first-order valence-electron chi connectivity index (χ1n) is 4.85. The zero-order valence-electron chi connectivity index (χ0n) is 8.09. The van der Waals surface area contributed by atoms with Crippen molar-refractivity contribution in [2.75, 3.05) is 0 Å². The van der Waals surface area contributed by atoms with E-state index in [0.29, 0.717) is 0 Å². The van der Waals surface area contributed by atoms with Gasteiger partial charge >= 0.3 is 0 Å². The molecule has 0 aromatic carbocycles. The van der Waals surface area contributed by atoms with Crippen LogP contribution in [0.25, 0.3) is 0 Å². The van der Waals surface area contributed by atoms with Crippen LogP contribution in [0, 0.1) is 0 Å². The fourth-order valence-corrected chi connectivity index (χ4v) is 1.73. The topological polar surface area (TPSA) is 38.1 Å². The number of fused-ring (bicyclic) bond motifs is 2. The molecule has 3 heterocycles. The largest absolute Gasteiger partial charge is 0.255 e. The van der Waals surface area contributed by atoms with Gasteiger partial charge in [-0.1, -0.05) is 12.1 Å². The van der Waals surface area contributed by atoms with E-state index in [4.69, 9.17) is 0 Å². The van der Waals surface area contributed by atoms with Crippen molar-refractivity contribution in [1.82, 2.24) is 9.97 Å². The Morgan fingerprint density at radius 1 is 0.933 bits per heavy atom. The van der Waals surface area contributed by atoms with Gasteiger partial charge in [-0.05, 0) is 17.7 Å². The summed E-state index contributed by atoms with van der Waals surface area (Å²) in [5.41, 5.74) is 3.30. The highest BCUT2D eigenvalue weighted by molar-refractivity contribution is 5.82. The lowest BCUT2D eigenvalue weighted by Gasteiger charge is -2.02. The van der Waals surface area contributed by atoms with Crippen molar-refractivity contribution in [2.45, 2.75) is 6.42 Å². The number of hydrogen-bond donors (Lipinski definition) is 0. The molecule has 0 radical (unpaired) electrons. The highest BCUT2D eigenvalue weighted by atomic mass is 14.9. The maximum atomic E-state index is 4.33. The van der Waals surface area contributed by atoms with E-state index in [2.05, 4.69) is 27.1 Å². The van der Waals surface area contributed by atoms with Crippen LogP contribution in [0.1, 0.15) is 16.8 Å². The molecule has 0 fully saturated rings. The van der Waals surface area contributed by atoms with Crippen LogP contribution in [0.15, 0.2) is 41.7 Å². The minimum atomic E-state index is 0.801. The Bertz CT molecular complexity index is 484. The van der Waals surface area contributed by atoms with Gasteiger partial charge in [-0.25, -0.2) is 9.98 Å². The maximum Gasteiger partial charge on any atom is 0.155 e. The van der Waals surface area contributed by atoms with Crippen LogP contribution in [0.5, 0.6) is 0 Å². The molecule has 0 spiro atoms. The van der Waals surface area contributed by atoms with Crippen LogP contribution in [-0.2, 0) is 6.42 Å². The normalized spacial score (nSPS) is 12.8. The predicted molar refractivity (Wildman–Crippen MR) is 58.5 cm³/mol. The van der Waals surface area contributed by atoms with Gasteiger partial charge in [-0.3, -0.25) is 4.98 Å². The van der Waals surface area contributed by atoms with Crippen LogP contribution in [0.4, 0.5) is 5.82 Å². The number of rotatable bonds is 0. The molecule has 3 nitrogen and oxygen atoms in total. The molecule has 15 heavy (non-hydrogen) atoms. The molecule has 2 aromatic rings. The summed E-state index contributed by atoms with van der Waals surface area (Å²) >= 11 is 0. The number of nitrogens with zero attached hydrogens (tertiary/aromatic N) is 3. The zero-order chi connectivity index (χ0) is 10.1. The smallest absolute Gasteiger partial charge is 0.155 e.